The van der Waals surface area contributed by atoms with Crippen LogP contribution in [0.5, 0.6) is 0 Å². The molecule has 5 rings (SSSR count). The maximum atomic E-state index is 12.9. The van der Waals surface area contributed by atoms with Gasteiger partial charge in [0.05, 0.1) is 34.2 Å². The number of carbonyl (C=O) groups excluding carboxylic acids is 1. The number of anilines is 2. The highest BCUT2D eigenvalue weighted by Crippen LogP contribution is 2.56. The summed E-state index contributed by atoms with van der Waals surface area (Å²) < 4.78 is 27.5. The van der Waals surface area contributed by atoms with E-state index in [9.17, 15) is 18.7 Å². The molecule has 4 heterocycles. The second-order valence-electron chi connectivity index (χ2n) is 8.81. The van der Waals surface area contributed by atoms with Crippen molar-refractivity contribution in [1.82, 2.24) is 14.6 Å². The molecule has 10 heteroatoms. The molecular weight excluding hydrogens is 418 g/mol. The fourth-order valence-electron chi connectivity index (χ4n) is 4.82. The van der Waals surface area contributed by atoms with Crippen LogP contribution in [-0.4, -0.2) is 50.7 Å². The van der Waals surface area contributed by atoms with Gasteiger partial charge in [0.15, 0.2) is 0 Å². The summed E-state index contributed by atoms with van der Waals surface area (Å²) in [7, 11) is 0. The molecule has 0 atom stereocenters. The van der Waals surface area contributed by atoms with Crippen molar-refractivity contribution in [2.45, 2.75) is 31.8 Å². The van der Waals surface area contributed by atoms with E-state index in [1.807, 2.05) is 23.1 Å². The second kappa shape index (κ2) is 6.97. The van der Waals surface area contributed by atoms with E-state index >= 15 is 0 Å². The van der Waals surface area contributed by atoms with Crippen molar-refractivity contribution in [1.29, 1.82) is 5.26 Å². The molecule has 32 heavy (non-hydrogen) atoms. The minimum atomic E-state index is -2.72. The third-order valence-electron chi connectivity index (χ3n) is 6.40. The molecule has 2 N–H and O–H groups in total. The summed E-state index contributed by atoms with van der Waals surface area (Å²) in [4.78, 5) is 19.1. The summed E-state index contributed by atoms with van der Waals surface area (Å²) in [5.74, 6) is -0.377. The van der Waals surface area contributed by atoms with E-state index in [2.05, 4.69) is 15.4 Å². The van der Waals surface area contributed by atoms with Crippen LogP contribution in [0, 0.1) is 23.7 Å². The lowest BCUT2D eigenvalue weighted by Gasteiger charge is -2.62. The van der Waals surface area contributed by atoms with Crippen molar-refractivity contribution < 1.29 is 18.7 Å². The van der Waals surface area contributed by atoms with Gasteiger partial charge in [-0.25, -0.2) is 13.3 Å². The quantitative estimate of drug-likeness (QED) is 0.649. The van der Waals surface area contributed by atoms with Gasteiger partial charge in [0.25, 0.3) is 12.3 Å². The number of nitrogens with zero attached hydrogens (tertiary/aromatic N) is 5. The van der Waals surface area contributed by atoms with Gasteiger partial charge in [-0.15, -0.1) is 0 Å². The molecule has 3 aromatic rings. The molecule has 164 valence electrons. The van der Waals surface area contributed by atoms with Crippen molar-refractivity contribution in [3.8, 4) is 6.07 Å². The maximum Gasteiger partial charge on any atom is 0.266 e. The number of nitriles is 1. The lowest BCUT2D eigenvalue weighted by atomic mass is 9.55. The van der Waals surface area contributed by atoms with Crippen LogP contribution in [0.1, 0.15) is 34.5 Å². The van der Waals surface area contributed by atoms with Gasteiger partial charge in [0.2, 0.25) is 0 Å². The predicted octanol–water partition coefficient (Wildman–Crippen LogP) is 2.76. The van der Waals surface area contributed by atoms with E-state index < -0.39 is 12.0 Å². The Morgan fingerprint density at radius 3 is 2.75 bits per heavy atom. The van der Waals surface area contributed by atoms with Gasteiger partial charge in [-0.05, 0) is 38.0 Å². The fraction of sp³-hybridized carbons (Fsp3) is 0.364. The van der Waals surface area contributed by atoms with Crippen LogP contribution in [0.4, 0.5) is 20.2 Å². The average molecular weight is 438 g/mol. The van der Waals surface area contributed by atoms with E-state index in [0.717, 1.165) is 5.69 Å². The lowest BCUT2D eigenvalue weighted by molar-refractivity contribution is -0.209. The molecule has 2 aliphatic rings. The summed E-state index contributed by atoms with van der Waals surface area (Å²) >= 11 is 0. The minimum absolute atomic E-state index is 0.103. The fourth-order valence-corrected chi connectivity index (χ4v) is 4.82. The predicted molar refractivity (Wildman–Crippen MR) is 112 cm³/mol. The molecule has 1 saturated carbocycles. The highest BCUT2D eigenvalue weighted by molar-refractivity contribution is 6.09. The Morgan fingerprint density at radius 2 is 2.06 bits per heavy atom. The molecule has 0 radical (unpaired) electrons. The number of amides is 1. The standard InChI is InChI=1S/C22H20F2N6O2/c1-13-17(4-14(6-25)7-26-13)28-19(31)16-8-27-30-3-2-15(5-18(16)30)29-11-21(12-29)9-22(32,10-21)20(23)24/h2-5,7-8,20,32H,9-12H2,1H3,(H,28,31). The third kappa shape index (κ3) is 3.17. The zero-order valence-corrected chi connectivity index (χ0v) is 17.2. The topological polar surface area (TPSA) is 107 Å². The number of nitrogens with one attached hydrogen (secondary N) is 1. The van der Waals surface area contributed by atoms with Crippen LogP contribution in [0.3, 0.4) is 0 Å². The number of carbonyl (C=O) groups is 1. The number of aromatic nitrogens is 3. The number of hydrogen-bond donors (Lipinski definition) is 2. The van der Waals surface area contributed by atoms with Crippen molar-refractivity contribution in [3.05, 3.63) is 53.6 Å². The zero-order valence-electron chi connectivity index (χ0n) is 17.2. The SMILES string of the molecule is Cc1ncc(C#N)cc1NC(=O)c1cnn2ccc(N3CC4(C3)CC(O)(C(F)F)C4)cc12. The van der Waals surface area contributed by atoms with Crippen LogP contribution in [0.25, 0.3) is 5.52 Å². The number of pyridine rings is 2. The number of rotatable bonds is 4. The van der Waals surface area contributed by atoms with Crippen LogP contribution in [0.2, 0.25) is 0 Å². The largest absolute Gasteiger partial charge is 0.384 e. The molecule has 1 amide bonds. The van der Waals surface area contributed by atoms with Gasteiger partial charge in [0.1, 0.15) is 11.7 Å². The first kappa shape index (κ1) is 20.3. The summed E-state index contributed by atoms with van der Waals surface area (Å²) in [6.07, 6.45) is 2.14. The van der Waals surface area contributed by atoms with Gasteiger partial charge >= 0.3 is 0 Å². The first-order valence-corrected chi connectivity index (χ1v) is 10.1. The van der Waals surface area contributed by atoms with Gasteiger partial charge in [-0.3, -0.25) is 9.78 Å². The van der Waals surface area contributed by atoms with Gasteiger partial charge in [-0.1, -0.05) is 0 Å². The summed E-state index contributed by atoms with van der Waals surface area (Å²) in [6, 6.07) is 7.26. The van der Waals surface area contributed by atoms with E-state index in [0.29, 0.717) is 41.1 Å². The Bertz CT molecular complexity index is 1270. The summed E-state index contributed by atoms with van der Waals surface area (Å²) in [6.45, 7) is 2.90. The van der Waals surface area contributed by atoms with Crippen molar-refractivity contribution in [3.63, 3.8) is 0 Å². The molecule has 3 aromatic heterocycles. The molecule has 1 aliphatic heterocycles. The summed E-state index contributed by atoms with van der Waals surface area (Å²) in [5.41, 5.74) is 1.07. The number of halogens is 2. The van der Waals surface area contributed by atoms with E-state index in [-0.39, 0.29) is 24.2 Å². The first-order chi connectivity index (χ1) is 15.2. The van der Waals surface area contributed by atoms with E-state index in [1.54, 1.807) is 23.7 Å². The van der Waals surface area contributed by atoms with Crippen LogP contribution < -0.4 is 10.2 Å². The maximum absolute atomic E-state index is 12.9. The van der Waals surface area contributed by atoms with Crippen molar-refractivity contribution in [2.24, 2.45) is 5.41 Å². The van der Waals surface area contributed by atoms with Gasteiger partial charge < -0.3 is 15.3 Å². The van der Waals surface area contributed by atoms with Gasteiger partial charge in [0, 0.05) is 36.6 Å². The lowest BCUT2D eigenvalue weighted by Crippen LogP contribution is -2.70. The second-order valence-corrected chi connectivity index (χ2v) is 8.81. The van der Waals surface area contributed by atoms with Crippen molar-refractivity contribution in [2.75, 3.05) is 23.3 Å². The number of aliphatic hydroxyl groups is 1. The Morgan fingerprint density at radius 1 is 1.31 bits per heavy atom. The van der Waals surface area contributed by atoms with Crippen molar-refractivity contribution >= 4 is 22.8 Å². The van der Waals surface area contributed by atoms with Crippen LogP contribution in [0.15, 0.2) is 36.8 Å². The Labute approximate surface area is 182 Å². The average Bonchev–Trinajstić information content (AvgIpc) is 3.14. The molecule has 8 nitrogen and oxygen atoms in total. The van der Waals surface area contributed by atoms with E-state index in [1.165, 1.54) is 12.4 Å². The third-order valence-corrected chi connectivity index (χ3v) is 6.40. The smallest absolute Gasteiger partial charge is 0.266 e. The Hall–Kier alpha value is -3.58. The monoisotopic (exact) mass is 438 g/mol. The highest BCUT2D eigenvalue weighted by Gasteiger charge is 2.63. The number of aryl methyl sites for hydroxylation is 1. The molecule has 1 spiro atoms. The first-order valence-electron chi connectivity index (χ1n) is 10.1. The minimum Gasteiger partial charge on any atom is -0.384 e. The molecule has 1 aliphatic carbocycles. The molecular formula is C22H20F2N6O2. The molecule has 2 fully saturated rings. The van der Waals surface area contributed by atoms with E-state index in [4.69, 9.17) is 5.26 Å². The number of hydrogen-bond acceptors (Lipinski definition) is 6. The highest BCUT2D eigenvalue weighted by atomic mass is 19.3. The molecule has 0 unspecified atom stereocenters. The molecule has 1 saturated heterocycles. The summed E-state index contributed by atoms with van der Waals surface area (Å²) in [5, 5.41) is 26.0. The molecule has 0 bridgehead atoms. The normalized spacial score (nSPS) is 18.3. The van der Waals surface area contributed by atoms with Crippen LogP contribution in [-0.2, 0) is 0 Å². The Kier molecular flexibility index (Phi) is 4.43. The van der Waals surface area contributed by atoms with Crippen LogP contribution >= 0.6 is 0 Å². The molecule has 0 aromatic carbocycles. The van der Waals surface area contributed by atoms with Gasteiger partial charge in [-0.2, -0.15) is 10.4 Å². The zero-order chi connectivity index (χ0) is 22.7. The number of fused-ring (bicyclic) bond motifs is 1. The Balaban J connectivity index is 1.34. The number of alkyl halides is 2.